The van der Waals surface area contributed by atoms with Crippen molar-refractivity contribution in [2.45, 2.75) is 33.4 Å². The van der Waals surface area contributed by atoms with Crippen molar-refractivity contribution in [1.82, 2.24) is 10.6 Å². The van der Waals surface area contributed by atoms with Crippen molar-refractivity contribution < 1.29 is 14.3 Å². The van der Waals surface area contributed by atoms with Gasteiger partial charge in [0.15, 0.2) is 11.5 Å². The van der Waals surface area contributed by atoms with E-state index >= 15 is 0 Å². The predicted molar refractivity (Wildman–Crippen MR) is 83.7 cm³/mol. The lowest BCUT2D eigenvalue weighted by Crippen LogP contribution is -2.41. The van der Waals surface area contributed by atoms with Gasteiger partial charge in [-0.1, -0.05) is 19.9 Å². The number of benzene rings is 1. The fourth-order valence-corrected chi connectivity index (χ4v) is 1.78. The van der Waals surface area contributed by atoms with E-state index in [4.69, 9.17) is 9.47 Å². The lowest BCUT2D eigenvalue weighted by atomic mass is 10.1. The summed E-state index contributed by atoms with van der Waals surface area (Å²) >= 11 is 0. The van der Waals surface area contributed by atoms with Gasteiger partial charge in [-0.15, -0.1) is 0 Å². The maximum absolute atomic E-state index is 11.8. The third kappa shape index (κ3) is 5.63. The van der Waals surface area contributed by atoms with Gasteiger partial charge >= 0.3 is 0 Å². The Morgan fingerprint density at radius 1 is 1.14 bits per heavy atom. The predicted octanol–water partition coefficient (Wildman–Crippen LogP) is 1.95. The van der Waals surface area contributed by atoms with E-state index in [1.165, 1.54) is 0 Å². The van der Waals surface area contributed by atoms with Crippen LogP contribution in [-0.4, -0.2) is 32.7 Å². The van der Waals surface area contributed by atoms with Crippen LogP contribution in [0, 0.1) is 5.92 Å². The number of carbonyl (C=O) groups excluding carboxylic acids is 1. The minimum atomic E-state index is 0.0108. The van der Waals surface area contributed by atoms with E-state index in [1.54, 1.807) is 14.2 Å². The zero-order valence-corrected chi connectivity index (χ0v) is 13.5. The number of hydrogen-bond donors (Lipinski definition) is 2. The summed E-state index contributed by atoms with van der Waals surface area (Å²) < 4.78 is 10.4. The Kier molecular flexibility index (Phi) is 7.02. The normalized spacial score (nSPS) is 12.1. The molecule has 0 aliphatic carbocycles. The monoisotopic (exact) mass is 294 g/mol. The lowest BCUT2D eigenvalue weighted by molar-refractivity contribution is -0.121. The second-order valence-electron chi connectivity index (χ2n) is 5.39. The average Bonchev–Trinajstić information content (AvgIpc) is 2.46. The molecule has 21 heavy (non-hydrogen) atoms. The Balaban J connectivity index is 2.44. The lowest BCUT2D eigenvalue weighted by Gasteiger charge is -2.17. The Bertz CT molecular complexity index is 461. The van der Waals surface area contributed by atoms with E-state index in [2.05, 4.69) is 24.5 Å². The molecular weight excluding hydrogens is 268 g/mol. The van der Waals surface area contributed by atoms with Gasteiger partial charge in [0.05, 0.1) is 20.8 Å². The molecule has 118 valence electrons. The Morgan fingerprint density at radius 2 is 1.81 bits per heavy atom. The third-order valence-corrected chi connectivity index (χ3v) is 3.45. The summed E-state index contributed by atoms with van der Waals surface area (Å²) in [6, 6.07) is 5.89. The fraction of sp³-hybridized carbons (Fsp3) is 0.562. The molecule has 5 nitrogen and oxygen atoms in total. The number of amides is 1. The Morgan fingerprint density at radius 3 is 2.38 bits per heavy atom. The molecule has 1 atom stereocenters. The molecule has 0 fully saturated rings. The first-order valence-corrected chi connectivity index (χ1v) is 7.19. The molecule has 0 bridgehead atoms. The molecule has 1 aromatic carbocycles. The molecule has 1 aromatic rings. The molecule has 2 N–H and O–H groups in total. The highest BCUT2D eigenvalue weighted by Crippen LogP contribution is 2.27. The van der Waals surface area contributed by atoms with Gasteiger partial charge in [0, 0.05) is 12.6 Å². The zero-order chi connectivity index (χ0) is 15.8. The molecule has 0 aliphatic rings. The summed E-state index contributed by atoms with van der Waals surface area (Å²) in [4.78, 5) is 11.8. The van der Waals surface area contributed by atoms with Crippen LogP contribution in [0.3, 0.4) is 0 Å². The zero-order valence-electron chi connectivity index (χ0n) is 13.5. The number of carbonyl (C=O) groups is 1. The molecule has 1 rings (SSSR count). The van der Waals surface area contributed by atoms with Gasteiger partial charge in [-0.25, -0.2) is 0 Å². The van der Waals surface area contributed by atoms with Gasteiger partial charge in [-0.2, -0.15) is 0 Å². The first-order valence-electron chi connectivity index (χ1n) is 7.19. The van der Waals surface area contributed by atoms with Crippen molar-refractivity contribution in [1.29, 1.82) is 0 Å². The highest BCUT2D eigenvalue weighted by Gasteiger charge is 2.10. The summed E-state index contributed by atoms with van der Waals surface area (Å²) in [6.07, 6.45) is 0. The van der Waals surface area contributed by atoms with Crippen LogP contribution in [0.5, 0.6) is 11.5 Å². The number of methoxy groups -OCH3 is 2. The number of ether oxygens (including phenoxy) is 2. The van der Waals surface area contributed by atoms with Gasteiger partial charge in [0.25, 0.3) is 0 Å². The SMILES string of the molecule is COc1ccc(CNCC(=O)NC(C)C(C)C)cc1OC. The quantitative estimate of drug-likeness (QED) is 0.769. The molecular formula is C16H26N2O3. The molecule has 0 aliphatic heterocycles. The Hall–Kier alpha value is -1.75. The van der Waals surface area contributed by atoms with E-state index in [-0.39, 0.29) is 11.9 Å². The van der Waals surface area contributed by atoms with E-state index in [9.17, 15) is 4.79 Å². The molecule has 0 spiro atoms. The van der Waals surface area contributed by atoms with Gasteiger partial charge in [0.2, 0.25) is 5.91 Å². The topological polar surface area (TPSA) is 59.6 Å². The van der Waals surface area contributed by atoms with Crippen molar-refractivity contribution in [2.75, 3.05) is 20.8 Å². The highest BCUT2D eigenvalue weighted by atomic mass is 16.5. The van der Waals surface area contributed by atoms with Crippen LogP contribution in [0.4, 0.5) is 0 Å². The Labute approximate surface area is 127 Å². The first kappa shape index (κ1) is 17.3. The molecule has 0 radical (unpaired) electrons. The molecule has 0 saturated carbocycles. The standard InChI is InChI=1S/C16H26N2O3/c1-11(2)12(3)18-16(19)10-17-9-13-6-7-14(20-4)15(8-13)21-5/h6-8,11-12,17H,9-10H2,1-5H3,(H,18,19). The van der Waals surface area contributed by atoms with Crippen LogP contribution in [-0.2, 0) is 11.3 Å². The van der Waals surface area contributed by atoms with Gasteiger partial charge in [-0.3, -0.25) is 4.79 Å². The van der Waals surface area contributed by atoms with Crippen LogP contribution >= 0.6 is 0 Å². The van der Waals surface area contributed by atoms with Crippen LogP contribution in [0.15, 0.2) is 18.2 Å². The van der Waals surface area contributed by atoms with E-state index in [1.807, 2.05) is 25.1 Å². The van der Waals surface area contributed by atoms with E-state index < -0.39 is 0 Å². The minimum absolute atomic E-state index is 0.0108. The van der Waals surface area contributed by atoms with Gasteiger partial charge in [0.1, 0.15) is 0 Å². The van der Waals surface area contributed by atoms with Crippen LogP contribution in [0.1, 0.15) is 26.3 Å². The third-order valence-electron chi connectivity index (χ3n) is 3.45. The number of hydrogen-bond acceptors (Lipinski definition) is 4. The molecule has 0 aromatic heterocycles. The van der Waals surface area contributed by atoms with E-state index in [0.29, 0.717) is 30.5 Å². The van der Waals surface area contributed by atoms with Crippen molar-refractivity contribution in [2.24, 2.45) is 5.92 Å². The first-order chi connectivity index (χ1) is 9.97. The summed E-state index contributed by atoms with van der Waals surface area (Å²) in [5, 5.41) is 6.09. The summed E-state index contributed by atoms with van der Waals surface area (Å²) in [7, 11) is 3.21. The summed E-state index contributed by atoms with van der Waals surface area (Å²) in [5.41, 5.74) is 1.04. The van der Waals surface area contributed by atoms with Crippen molar-refractivity contribution in [3.05, 3.63) is 23.8 Å². The second kappa shape index (κ2) is 8.52. The van der Waals surface area contributed by atoms with Gasteiger partial charge < -0.3 is 20.1 Å². The average molecular weight is 294 g/mol. The molecule has 0 heterocycles. The van der Waals surface area contributed by atoms with Crippen LogP contribution in [0.25, 0.3) is 0 Å². The maximum Gasteiger partial charge on any atom is 0.234 e. The fourth-order valence-electron chi connectivity index (χ4n) is 1.78. The molecule has 5 heteroatoms. The number of rotatable bonds is 8. The smallest absolute Gasteiger partial charge is 0.234 e. The summed E-state index contributed by atoms with van der Waals surface area (Å²) in [6.45, 7) is 7.08. The maximum atomic E-state index is 11.8. The summed E-state index contributed by atoms with van der Waals surface area (Å²) in [5.74, 6) is 1.83. The number of nitrogens with one attached hydrogen (secondary N) is 2. The minimum Gasteiger partial charge on any atom is -0.493 e. The molecule has 0 saturated heterocycles. The molecule has 1 unspecified atom stereocenters. The second-order valence-corrected chi connectivity index (χ2v) is 5.39. The largest absolute Gasteiger partial charge is 0.493 e. The van der Waals surface area contributed by atoms with Gasteiger partial charge in [-0.05, 0) is 30.5 Å². The highest BCUT2D eigenvalue weighted by molar-refractivity contribution is 5.78. The van der Waals surface area contributed by atoms with Crippen LogP contribution < -0.4 is 20.1 Å². The van der Waals surface area contributed by atoms with Crippen molar-refractivity contribution >= 4 is 5.91 Å². The van der Waals surface area contributed by atoms with Crippen LogP contribution in [0.2, 0.25) is 0 Å². The van der Waals surface area contributed by atoms with Crippen molar-refractivity contribution in [3.8, 4) is 11.5 Å². The molecule has 1 amide bonds. The van der Waals surface area contributed by atoms with Crippen molar-refractivity contribution in [3.63, 3.8) is 0 Å². The van der Waals surface area contributed by atoms with E-state index in [0.717, 1.165) is 5.56 Å².